The fourth-order valence-electron chi connectivity index (χ4n) is 2.30. The number of carbonyl (C=O) groups excluding carboxylic acids is 1. The zero-order valence-corrected chi connectivity index (χ0v) is 14.5. The molecule has 3 heteroatoms. The lowest BCUT2D eigenvalue weighted by molar-refractivity contribution is -0.140. The van der Waals surface area contributed by atoms with Crippen molar-refractivity contribution in [1.29, 1.82) is 0 Å². The van der Waals surface area contributed by atoms with E-state index < -0.39 is 0 Å². The van der Waals surface area contributed by atoms with Gasteiger partial charge in [-0.3, -0.25) is 4.79 Å². The molecule has 0 rings (SSSR count). The van der Waals surface area contributed by atoms with Crippen molar-refractivity contribution in [2.24, 2.45) is 0 Å². The summed E-state index contributed by atoms with van der Waals surface area (Å²) in [7, 11) is 1.43. The van der Waals surface area contributed by atoms with Gasteiger partial charge in [-0.15, -0.1) is 11.8 Å². The van der Waals surface area contributed by atoms with Gasteiger partial charge in [0, 0.05) is 19.3 Å². The number of methoxy groups -OCH3 is 1. The lowest BCUT2D eigenvalue weighted by Crippen LogP contribution is -2.05. The molecule has 0 radical (unpaired) electrons. The molecule has 1 N–H and O–H groups in total. The van der Waals surface area contributed by atoms with E-state index in [1.165, 1.54) is 26.4 Å². The normalized spacial score (nSPS) is 11.6. The van der Waals surface area contributed by atoms with Crippen molar-refractivity contribution in [3.05, 3.63) is 0 Å². The predicted octanol–water partition coefficient (Wildman–Crippen LogP) is 4.61. The number of carbonyl (C=O) groups is 1. The van der Waals surface area contributed by atoms with Gasteiger partial charge in [0.25, 0.3) is 0 Å². The Morgan fingerprint density at radius 2 is 1.64 bits per heavy atom. The first-order valence-corrected chi connectivity index (χ1v) is 8.91. The van der Waals surface area contributed by atoms with Crippen LogP contribution in [0.3, 0.4) is 0 Å². The molecule has 1 atom stereocenters. The van der Waals surface area contributed by atoms with E-state index in [1.54, 1.807) is 0 Å². The molecule has 0 amide bonds. The summed E-state index contributed by atoms with van der Waals surface area (Å²) in [6, 6.07) is 0. The van der Waals surface area contributed by atoms with Crippen molar-refractivity contribution in [3.63, 3.8) is 0 Å². The van der Waals surface area contributed by atoms with E-state index in [9.17, 15) is 9.90 Å². The molecule has 0 fully saturated rings. The van der Waals surface area contributed by atoms with Gasteiger partial charge in [-0.05, 0) is 25.7 Å². The highest BCUT2D eigenvalue weighted by Crippen LogP contribution is 2.11. The van der Waals surface area contributed by atoms with Crippen LogP contribution in [-0.2, 0) is 9.53 Å². The molecule has 0 aliphatic heterocycles. The maximum absolute atomic E-state index is 10.9. The Balaban J connectivity index is 3.32. The van der Waals surface area contributed by atoms with Gasteiger partial charge in [0.15, 0.2) is 0 Å². The molecule has 0 heterocycles. The Morgan fingerprint density at radius 3 is 2.36 bits per heavy atom. The van der Waals surface area contributed by atoms with Crippen LogP contribution in [-0.4, -0.2) is 24.3 Å². The first-order valence-electron chi connectivity index (χ1n) is 8.91. The number of hydrogen-bond acceptors (Lipinski definition) is 3. The van der Waals surface area contributed by atoms with Crippen LogP contribution in [0.5, 0.6) is 0 Å². The number of aliphatic hydroxyl groups excluding tert-OH is 1. The van der Waals surface area contributed by atoms with E-state index in [4.69, 9.17) is 0 Å². The average molecular weight is 310 g/mol. The minimum Gasteiger partial charge on any atom is -0.469 e. The maximum Gasteiger partial charge on any atom is 0.305 e. The number of esters is 1. The zero-order chi connectivity index (χ0) is 16.5. The Kier molecular flexibility index (Phi) is 15.6. The molecule has 0 bridgehead atoms. The second-order valence-electron chi connectivity index (χ2n) is 5.89. The van der Waals surface area contributed by atoms with E-state index in [-0.39, 0.29) is 12.1 Å². The molecule has 0 aromatic heterocycles. The second-order valence-corrected chi connectivity index (χ2v) is 5.89. The van der Waals surface area contributed by atoms with Crippen molar-refractivity contribution >= 4 is 5.97 Å². The van der Waals surface area contributed by atoms with E-state index in [2.05, 4.69) is 23.5 Å². The first-order chi connectivity index (χ1) is 10.7. The molecule has 128 valence electrons. The van der Waals surface area contributed by atoms with Crippen molar-refractivity contribution in [1.82, 2.24) is 0 Å². The zero-order valence-electron chi connectivity index (χ0n) is 14.5. The van der Waals surface area contributed by atoms with Gasteiger partial charge in [-0.25, -0.2) is 0 Å². The highest BCUT2D eigenvalue weighted by molar-refractivity contribution is 5.68. The van der Waals surface area contributed by atoms with E-state index in [1.807, 2.05) is 0 Å². The van der Waals surface area contributed by atoms with Crippen LogP contribution >= 0.6 is 0 Å². The van der Waals surface area contributed by atoms with Crippen LogP contribution in [0.1, 0.15) is 90.4 Å². The van der Waals surface area contributed by atoms with E-state index >= 15 is 0 Å². The number of aliphatic hydroxyl groups is 1. The molecular weight excluding hydrogens is 276 g/mol. The third-order valence-corrected chi connectivity index (χ3v) is 3.78. The third-order valence-electron chi connectivity index (χ3n) is 3.78. The Morgan fingerprint density at radius 1 is 0.955 bits per heavy atom. The number of rotatable bonds is 13. The Hall–Kier alpha value is -1.01. The number of ether oxygens (including phenoxy) is 1. The highest BCUT2D eigenvalue weighted by atomic mass is 16.5. The molecule has 0 aliphatic carbocycles. The predicted molar refractivity (Wildman–Crippen MR) is 91.5 cm³/mol. The molecule has 3 nitrogen and oxygen atoms in total. The molecule has 0 spiro atoms. The fraction of sp³-hybridized carbons (Fsp3) is 0.842. The molecular formula is C19H34O3. The lowest BCUT2D eigenvalue weighted by Gasteiger charge is -2.08. The molecule has 0 saturated carbocycles. The van der Waals surface area contributed by atoms with Crippen LogP contribution in [0.25, 0.3) is 0 Å². The summed E-state index contributed by atoms with van der Waals surface area (Å²) in [5.41, 5.74) is 0. The summed E-state index contributed by atoms with van der Waals surface area (Å²) in [5.74, 6) is 6.22. The first kappa shape index (κ1) is 21.0. The topological polar surface area (TPSA) is 46.5 Å². The summed E-state index contributed by atoms with van der Waals surface area (Å²) < 4.78 is 4.60. The Labute approximate surface area is 136 Å². The fourth-order valence-corrected chi connectivity index (χ4v) is 2.30. The third kappa shape index (κ3) is 15.4. The number of hydrogen-bond donors (Lipinski definition) is 1. The summed E-state index contributed by atoms with van der Waals surface area (Å²) in [6.07, 6.45) is 12.8. The molecule has 0 aromatic rings. The quantitative estimate of drug-likeness (QED) is 0.307. The van der Waals surface area contributed by atoms with Gasteiger partial charge in [0.2, 0.25) is 0 Å². The average Bonchev–Trinajstić information content (AvgIpc) is 2.52. The lowest BCUT2D eigenvalue weighted by atomic mass is 10.0. The smallest absolute Gasteiger partial charge is 0.305 e. The van der Waals surface area contributed by atoms with E-state index in [0.29, 0.717) is 6.42 Å². The molecule has 22 heavy (non-hydrogen) atoms. The maximum atomic E-state index is 10.9. The van der Waals surface area contributed by atoms with Crippen LogP contribution < -0.4 is 0 Å². The van der Waals surface area contributed by atoms with Gasteiger partial charge < -0.3 is 9.84 Å². The van der Waals surface area contributed by atoms with Gasteiger partial charge in [-0.2, -0.15) is 0 Å². The minimum absolute atomic E-state index is 0.119. The molecule has 0 aliphatic rings. The van der Waals surface area contributed by atoms with Gasteiger partial charge in [-0.1, -0.05) is 45.4 Å². The number of unbranched alkanes of at least 4 members (excludes halogenated alkanes) is 7. The van der Waals surface area contributed by atoms with Crippen LogP contribution in [0.2, 0.25) is 0 Å². The Bertz CT molecular complexity index is 314. The molecule has 0 saturated heterocycles. The highest BCUT2D eigenvalue weighted by Gasteiger charge is 2.03. The van der Waals surface area contributed by atoms with Gasteiger partial charge >= 0.3 is 5.97 Å². The standard InChI is InChI=1S/C19H34O3/c1-3-4-5-6-7-9-12-15-18(20)16-13-10-8-11-14-17-19(21)22-2/h18,20H,3-6,8,10-17H2,1-2H3/t18-/m1/s1. The van der Waals surface area contributed by atoms with Crippen LogP contribution in [0, 0.1) is 11.8 Å². The van der Waals surface area contributed by atoms with Crippen molar-refractivity contribution < 1.29 is 14.6 Å². The summed E-state index contributed by atoms with van der Waals surface area (Å²) in [6.45, 7) is 2.20. The SMILES string of the molecule is CCCCCC#CCC[C@@H](O)CCCCCCCC(=O)OC. The molecule has 0 aromatic carbocycles. The van der Waals surface area contributed by atoms with Crippen LogP contribution in [0.15, 0.2) is 0 Å². The minimum atomic E-state index is -0.208. The van der Waals surface area contributed by atoms with Crippen molar-refractivity contribution in [2.45, 2.75) is 96.5 Å². The van der Waals surface area contributed by atoms with Crippen molar-refractivity contribution in [3.8, 4) is 11.8 Å². The van der Waals surface area contributed by atoms with E-state index in [0.717, 1.165) is 57.8 Å². The monoisotopic (exact) mass is 310 g/mol. The van der Waals surface area contributed by atoms with Crippen molar-refractivity contribution in [2.75, 3.05) is 7.11 Å². The molecule has 0 unspecified atom stereocenters. The van der Waals surface area contributed by atoms with Crippen LogP contribution in [0.4, 0.5) is 0 Å². The summed E-state index contributed by atoms with van der Waals surface area (Å²) in [4.78, 5) is 10.9. The second kappa shape index (κ2) is 16.4. The van der Waals surface area contributed by atoms with Gasteiger partial charge in [0.05, 0.1) is 13.2 Å². The summed E-state index contributed by atoms with van der Waals surface area (Å²) >= 11 is 0. The summed E-state index contributed by atoms with van der Waals surface area (Å²) in [5, 5.41) is 9.87. The van der Waals surface area contributed by atoms with Gasteiger partial charge in [0.1, 0.15) is 0 Å². The largest absolute Gasteiger partial charge is 0.469 e.